The number of carbonyl (C=O) groups is 1. The molecule has 0 spiro atoms. The van der Waals surface area contributed by atoms with Crippen molar-refractivity contribution in [3.8, 4) is 0 Å². The lowest BCUT2D eigenvalue weighted by Gasteiger charge is -2.45. The number of amides is 1. The molecule has 0 radical (unpaired) electrons. The molecule has 1 aromatic rings. The standard InChI is InChI=1S/C26H37NO5/c1-15(23(29)18(4)28)10-9-13-20-24(32-5)17(3)16(2)22-21(27-25(30)26(20,22)31)14-19-11-7-6-8-12-19/h6-9,11-13,15,18,20-24,28-29,31H,10,14H2,1-5H3,(H,27,30). The summed E-state index contributed by atoms with van der Waals surface area (Å²) in [4.78, 5) is 13.2. The van der Waals surface area contributed by atoms with Gasteiger partial charge in [-0.05, 0) is 50.7 Å². The predicted octanol–water partition coefficient (Wildman–Crippen LogP) is 2.38. The molecule has 3 rings (SSSR count). The first-order chi connectivity index (χ1) is 15.1. The molecule has 8 atom stereocenters. The Bertz CT molecular complexity index is 864. The lowest BCUT2D eigenvalue weighted by Crippen LogP contribution is -2.57. The van der Waals surface area contributed by atoms with Gasteiger partial charge in [-0.3, -0.25) is 4.79 Å². The van der Waals surface area contributed by atoms with Gasteiger partial charge >= 0.3 is 0 Å². The van der Waals surface area contributed by atoms with Gasteiger partial charge in [0.1, 0.15) is 0 Å². The number of hydrogen-bond donors (Lipinski definition) is 4. The van der Waals surface area contributed by atoms with Crippen molar-refractivity contribution >= 4 is 5.91 Å². The molecule has 2 aliphatic rings. The molecule has 32 heavy (non-hydrogen) atoms. The highest BCUT2D eigenvalue weighted by Gasteiger charge is 2.62. The summed E-state index contributed by atoms with van der Waals surface area (Å²) in [6, 6.07) is 9.76. The third kappa shape index (κ3) is 4.42. The second-order valence-corrected chi connectivity index (χ2v) is 9.49. The zero-order chi connectivity index (χ0) is 23.6. The molecule has 0 bridgehead atoms. The molecule has 1 heterocycles. The zero-order valence-corrected chi connectivity index (χ0v) is 19.7. The average Bonchev–Trinajstić information content (AvgIpc) is 3.02. The Labute approximate surface area is 191 Å². The van der Waals surface area contributed by atoms with Crippen molar-refractivity contribution in [1.82, 2.24) is 5.32 Å². The van der Waals surface area contributed by atoms with Crippen LogP contribution >= 0.6 is 0 Å². The number of hydrogen-bond acceptors (Lipinski definition) is 5. The molecule has 1 fully saturated rings. The number of aliphatic hydroxyl groups excluding tert-OH is 2. The molecular weight excluding hydrogens is 406 g/mol. The molecule has 4 N–H and O–H groups in total. The molecule has 1 saturated heterocycles. The number of carbonyl (C=O) groups excluding carboxylic acids is 1. The van der Waals surface area contributed by atoms with Crippen LogP contribution in [0.1, 0.15) is 39.7 Å². The van der Waals surface area contributed by atoms with E-state index in [4.69, 9.17) is 4.74 Å². The fourth-order valence-electron chi connectivity index (χ4n) is 5.44. The van der Waals surface area contributed by atoms with Gasteiger partial charge in [0, 0.05) is 25.0 Å². The Morgan fingerprint density at radius 3 is 2.41 bits per heavy atom. The molecule has 176 valence electrons. The summed E-state index contributed by atoms with van der Waals surface area (Å²) in [6.07, 6.45) is 2.80. The molecule has 1 aliphatic heterocycles. The Morgan fingerprint density at radius 2 is 1.81 bits per heavy atom. The molecule has 8 unspecified atom stereocenters. The van der Waals surface area contributed by atoms with Crippen LogP contribution in [0.25, 0.3) is 0 Å². The summed E-state index contributed by atoms with van der Waals surface area (Å²) in [5, 5.41) is 34.7. The van der Waals surface area contributed by atoms with E-state index in [-0.39, 0.29) is 23.8 Å². The smallest absolute Gasteiger partial charge is 0.253 e. The van der Waals surface area contributed by atoms with Gasteiger partial charge in [0.05, 0.1) is 18.3 Å². The lowest BCUT2D eigenvalue weighted by molar-refractivity contribution is -0.148. The maximum absolute atomic E-state index is 13.2. The van der Waals surface area contributed by atoms with E-state index in [2.05, 4.69) is 5.32 Å². The summed E-state index contributed by atoms with van der Waals surface area (Å²) in [5.74, 6) is -1.46. The topological polar surface area (TPSA) is 99.0 Å². The van der Waals surface area contributed by atoms with Gasteiger partial charge in [0.25, 0.3) is 5.91 Å². The number of benzene rings is 1. The molecule has 1 aliphatic carbocycles. The van der Waals surface area contributed by atoms with Crippen LogP contribution < -0.4 is 5.32 Å². The lowest BCUT2D eigenvalue weighted by atomic mass is 9.63. The van der Waals surface area contributed by atoms with Gasteiger partial charge in [0.2, 0.25) is 0 Å². The van der Waals surface area contributed by atoms with E-state index in [1.807, 2.05) is 63.3 Å². The molecule has 6 heteroatoms. The first-order valence-electron chi connectivity index (χ1n) is 11.4. The van der Waals surface area contributed by atoms with Crippen molar-refractivity contribution in [2.24, 2.45) is 17.8 Å². The van der Waals surface area contributed by atoms with Crippen LogP contribution in [0.15, 0.2) is 53.6 Å². The van der Waals surface area contributed by atoms with Crippen LogP contribution in [0.5, 0.6) is 0 Å². The van der Waals surface area contributed by atoms with E-state index in [0.717, 1.165) is 16.7 Å². The number of rotatable bonds is 8. The van der Waals surface area contributed by atoms with Crippen molar-refractivity contribution in [3.63, 3.8) is 0 Å². The number of nitrogens with one attached hydrogen (secondary N) is 1. The largest absolute Gasteiger partial charge is 0.391 e. The molecule has 1 amide bonds. The quantitative estimate of drug-likeness (QED) is 0.463. The highest BCUT2D eigenvalue weighted by Crippen LogP contribution is 2.49. The van der Waals surface area contributed by atoms with Gasteiger partial charge < -0.3 is 25.4 Å². The van der Waals surface area contributed by atoms with Crippen LogP contribution in [-0.2, 0) is 16.0 Å². The Morgan fingerprint density at radius 1 is 1.16 bits per heavy atom. The van der Waals surface area contributed by atoms with Gasteiger partial charge in [-0.25, -0.2) is 0 Å². The van der Waals surface area contributed by atoms with Crippen LogP contribution in [0.3, 0.4) is 0 Å². The van der Waals surface area contributed by atoms with Crippen molar-refractivity contribution in [2.45, 2.75) is 70.5 Å². The van der Waals surface area contributed by atoms with Gasteiger partial charge in [-0.2, -0.15) is 0 Å². The van der Waals surface area contributed by atoms with Crippen molar-refractivity contribution in [3.05, 3.63) is 59.2 Å². The second-order valence-electron chi connectivity index (χ2n) is 9.49. The second kappa shape index (κ2) is 9.87. The maximum atomic E-state index is 13.2. The highest BCUT2D eigenvalue weighted by molar-refractivity contribution is 5.90. The first-order valence-corrected chi connectivity index (χ1v) is 11.4. The van der Waals surface area contributed by atoms with E-state index < -0.39 is 29.8 Å². The summed E-state index contributed by atoms with van der Waals surface area (Å²) >= 11 is 0. The van der Waals surface area contributed by atoms with Crippen LogP contribution in [0.4, 0.5) is 0 Å². The fourth-order valence-corrected chi connectivity index (χ4v) is 5.44. The van der Waals surface area contributed by atoms with Gasteiger partial charge in [0.15, 0.2) is 5.60 Å². The minimum absolute atomic E-state index is 0.164. The van der Waals surface area contributed by atoms with Crippen LogP contribution in [-0.4, -0.2) is 58.3 Å². The number of methoxy groups -OCH3 is 1. The van der Waals surface area contributed by atoms with E-state index in [0.29, 0.717) is 12.8 Å². The minimum Gasteiger partial charge on any atom is -0.391 e. The number of allylic oxidation sites excluding steroid dienone is 1. The van der Waals surface area contributed by atoms with E-state index >= 15 is 0 Å². The molecule has 0 aromatic heterocycles. The Kier molecular flexibility index (Phi) is 7.61. The Hall–Kier alpha value is -1.99. The fraction of sp³-hybridized carbons (Fsp3) is 0.577. The van der Waals surface area contributed by atoms with E-state index in [1.165, 1.54) is 0 Å². The zero-order valence-electron chi connectivity index (χ0n) is 19.7. The summed E-state index contributed by atoms with van der Waals surface area (Å²) in [6.45, 7) is 7.41. The number of aliphatic hydroxyl groups is 3. The third-order valence-corrected chi connectivity index (χ3v) is 7.39. The average molecular weight is 444 g/mol. The number of ether oxygens (including phenoxy) is 1. The SMILES string of the molecule is COC1C(C)=C(C)C2C(Cc3ccccc3)NC(=O)C2(O)C1C=CCC(C)C(O)C(C)O. The van der Waals surface area contributed by atoms with Gasteiger partial charge in [-0.1, -0.05) is 55.0 Å². The van der Waals surface area contributed by atoms with Crippen molar-refractivity contribution < 1.29 is 24.9 Å². The number of fused-ring (bicyclic) bond motifs is 1. The highest BCUT2D eigenvalue weighted by atomic mass is 16.5. The monoisotopic (exact) mass is 443 g/mol. The van der Waals surface area contributed by atoms with Crippen molar-refractivity contribution in [1.29, 1.82) is 0 Å². The molecule has 6 nitrogen and oxygen atoms in total. The minimum atomic E-state index is -1.62. The van der Waals surface area contributed by atoms with E-state index in [1.54, 1.807) is 14.0 Å². The Balaban J connectivity index is 1.92. The molecule has 1 aromatic carbocycles. The summed E-state index contributed by atoms with van der Waals surface area (Å²) < 4.78 is 5.77. The van der Waals surface area contributed by atoms with Crippen LogP contribution in [0.2, 0.25) is 0 Å². The van der Waals surface area contributed by atoms with Crippen molar-refractivity contribution in [2.75, 3.05) is 7.11 Å². The van der Waals surface area contributed by atoms with Gasteiger partial charge in [-0.15, -0.1) is 0 Å². The summed E-state index contributed by atoms with van der Waals surface area (Å²) in [5.41, 5.74) is 1.51. The normalized spacial score (nSPS) is 33.2. The summed E-state index contributed by atoms with van der Waals surface area (Å²) in [7, 11) is 1.60. The first kappa shape index (κ1) is 24.6. The molecule has 0 saturated carbocycles. The third-order valence-electron chi connectivity index (χ3n) is 7.39. The predicted molar refractivity (Wildman–Crippen MR) is 124 cm³/mol. The van der Waals surface area contributed by atoms with Crippen LogP contribution in [0, 0.1) is 17.8 Å². The maximum Gasteiger partial charge on any atom is 0.253 e. The van der Waals surface area contributed by atoms with E-state index in [9.17, 15) is 20.1 Å². The molecular formula is C26H37NO5.